The maximum absolute atomic E-state index is 14.0. The summed E-state index contributed by atoms with van der Waals surface area (Å²) in [5.41, 5.74) is 1.55. The van der Waals surface area contributed by atoms with E-state index in [2.05, 4.69) is 10.3 Å². The number of imidazole rings is 1. The fraction of sp³-hybridized carbons (Fsp3) is 0.176. The van der Waals surface area contributed by atoms with Crippen LogP contribution in [0.3, 0.4) is 0 Å². The first-order chi connectivity index (χ1) is 11.4. The van der Waals surface area contributed by atoms with Crippen LogP contribution in [0.1, 0.15) is 16.2 Å². The summed E-state index contributed by atoms with van der Waals surface area (Å²) < 4.78 is 34.4. The summed E-state index contributed by atoms with van der Waals surface area (Å²) in [4.78, 5) is 16.7. The Morgan fingerprint density at radius 3 is 2.62 bits per heavy atom. The third kappa shape index (κ3) is 2.58. The van der Waals surface area contributed by atoms with E-state index in [4.69, 9.17) is 4.74 Å². The molecule has 0 aliphatic heterocycles. The first-order valence-electron chi connectivity index (χ1n) is 7.18. The lowest BCUT2D eigenvalue weighted by Crippen LogP contribution is -2.16. The number of amides is 1. The second kappa shape index (κ2) is 5.92. The van der Waals surface area contributed by atoms with Gasteiger partial charge in [-0.3, -0.25) is 4.79 Å². The zero-order valence-corrected chi connectivity index (χ0v) is 13.4. The minimum Gasteiger partial charge on any atom is -0.493 e. The average molecular weight is 331 g/mol. The molecule has 2 aromatic carbocycles. The van der Waals surface area contributed by atoms with Gasteiger partial charge in [-0.05, 0) is 37.3 Å². The van der Waals surface area contributed by atoms with Crippen molar-refractivity contribution in [3.8, 4) is 5.75 Å². The number of aryl methyl sites for hydroxylation is 2. The number of fused-ring (bicyclic) bond motifs is 1. The second-order valence-corrected chi connectivity index (χ2v) is 5.31. The summed E-state index contributed by atoms with van der Waals surface area (Å²) in [6, 6.07) is 6.94. The monoisotopic (exact) mass is 331 g/mol. The molecule has 124 valence electrons. The molecule has 24 heavy (non-hydrogen) atoms. The Labute approximate surface area is 136 Å². The van der Waals surface area contributed by atoms with Crippen molar-refractivity contribution < 1.29 is 18.3 Å². The number of hydrogen-bond donors (Lipinski definition) is 1. The lowest BCUT2D eigenvalue weighted by atomic mass is 10.1. The van der Waals surface area contributed by atoms with Crippen molar-refractivity contribution in [2.45, 2.75) is 6.92 Å². The maximum atomic E-state index is 14.0. The van der Waals surface area contributed by atoms with Gasteiger partial charge in [0.2, 0.25) is 0 Å². The zero-order valence-electron chi connectivity index (χ0n) is 13.4. The third-order valence-corrected chi connectivity index (χ3v) is 3.85. The number of anilines is 1. The fourth-order valence-corrected chi connectivity index (χ4v) is 2.54. The van der Waals surface area contributed by atoms with E-state index in [-0.39, 0.29) is 0 Å². The molecule has 0 aliphatic carbocycles. The molecule has 0 bridgehead atoms. The topological polar surface area (TPSA) is 56.1 Å². The Hall–Kier alpha value is -2.96. The number of hydrogen-bond acceptors (Lipinski definition) is 3. The van der Waals surface area contributed by atoms with Gasteiger partial charge in [0, 0.05) is 12.7 Å². The highest BCUT2D eigenvalue weighted by Gasteiger charge is 2.21. The SMILES string of the molecule is COc1c(F)ccc(F)c1C(=O)Nc1ccc2c(c1)nc(C)n2C. The van der Waals surface area contributed by atoms with Crippen LogP contribution < -0.4 is 10.1 Å². The van der Waals surface area contributed by atoms with Gasteiger partial charge >= 0.3 is 0 Å². The number of carbonyl (C=O) groups excluding carboxylic acids is 1. The lowest BCUT2D eigenvalue weighted by Gasteiger charge is -2.11. The number of benzene rings is 2. The highest BCUT2D eigenvalue weighted by Crippen LogP contribution is 2.27. The highest BCUT2D eigenvalue weighted by molar-refractivity contribution is 6.07. The highest BCUT2D eigenvalue weighted by atomic mass is 19.1. The van der Waals surface area contributed by atoms with E-state index in [0.29, 0.717) is 11.2 Å². The number of aromatic nitrogens is 2. The summed E-state index contributed by atoms with van der Waals surface area (Å²) in [5.74, 6) is -2.07. The molecule has 1 N–H and O–H groups in total. The van der Waals surface area contributed by atoms with Gasteiger partial charge in [-0.1, -0.05) is 0 Å². The van der Waals surface area contributed by atoms with Crippen molar-refractivity contribution in [2.24, 2.45) is 7.05 Å². The van der Waals surface area contributed by atoms with Crippen LogP contribution in [0.5, 0.6) is 5.75 Å². The first-order valence-corrected chi connectivity index (χ1v) is 7.18. The summed E-state index contributed by atoms with van der Waals surface area (Å²) in [5, 5.41) is 2.55. The summed E-state index contributed by atoms with van der Waals surface area (Å²) >= 11 is 0. The minimum atomic E-state index is -0.861. The van der Waals surface area contributed by atoms with Gasteiger partial charge in [0.25, 0.3) is 5.91 Å². The molecule has 0 saturated heterocycles. The number of rotatable bonds is 3. The Kier molecular flexibility index (Phi) is 3.92. The Morgan fingerprint density at radius 2 is 1.92 bits per heavy atom. The van der Waals surface area contributed by atoms with E-state index in [1.165, 1.54) is 7.11 Å². The van der Waals surface area contributed by atoms with Crippen LogP contribution in [0, 0.1) is 18.6 Å². The number of methoxy groups -OCH3 is 1. The van der Waals surface area contributed by atoms with Gasteiger partial charge in [-0.15, -0.1) is 0 Å². The number of nitrogens with one attached hydrogen (secondary N) is 1. The standard InChI is InChI=1S/C17H15F2N3O2/c1-9-20-13-8-10(4-7-14(13)22(9)2)21-17(23)15-11(18)5-6-12(19)16(15)24-3/h4-8H,1-3H3,(H,21,23). The predicted octanol–water partition coefficient (Wildman–Crippen LogP) is 3.42. The number of carbonyl (C=O) groups is 1. The summed E-state index contributed by atoms with van der Waals surface area (Å²) in [6.07, 6.45) is 0. The van der Waals surface area contributed by atoms with Crippen LogP contribution in [0.15, 0.2) is 30.3 Å². The van der Waals surface area contributed by atoms with Crippen LogP contribution in [-0.4, -0.2) is 22.6 Å². The lowest BCUT2D eigenvalue weighted by molar-refractivity contribution is 0.101. The first kappa shape index (κ1) is 15.9. The molecule has 0 radical (unpaired) electrons. The molecule has 1 heterocycles. The van der Waals surface area contributed by atoms with E-state index in [9.17, 15) is 13.6 Å². The number of ether oxygens (including phenoxy) is 1. The molecule has 0 aliphatic rings. The third-order valence-electron chi connectivity index (χ3n) is 3.85. The van der Waals surface area contributed by atoms with Crippen LogP contribution >= 0.6 is 0 Å². The molecule has 5 nitrogen and oxygen atoms in total. The van der Waals surface area contributed by atoms with Crippen molar-refractivity contribution >= 4 is 22.6 Å². The van der Waals surface area contributed by atoms with Crippen LogP contribution in [-0.2, 0) is 7.05 Å². The van der Waals surface area contributed by atoms with Crippen molar-refractivity contribution in [1.82, 2.24) is 9.55 Å². The molecule has 0 atom stereocenters. The molecule has 0 unspecified atom stereocenters. The Balaban J connectivity index is 1.97. The maximum Gasteiger partial charge on any atom is 0.262 e. The number of halogens is 2. The van der Waals surface area contributed by atoms with Gasteiger partial charge in [0.15, 0.2) is 11.6 Å². The Bertz CT molecular complexity index is 951. The summed E-state index contributed by atoms with van der Waals surface area (Å²) in [7, 11) is 3.06. The van der Waals surface area contributed by atoms with Crippen molar-refractivity contribution in [1.29, 1.82) is 0 Å². The zero-order chi connectivity index (χ0) is 17.4. The second-order valence-electron chi connectivity index (χ2n) is 5.31. The van der Waals surface area contributed by atoms with E-state index in [1.807, 2.05) is 18.5 Å². The molecule has 3 rings (SSSR count). The van der Waals surface area contributed by atoms with Gasteiger partial charge < -0.3 is 14.6 Å². The predicted molar refractivity (Wildman–Crippen MR) is 86.3 cm³/mol. The normalized spacial score (nSPS) is 10.9. The van der Waals surface area contributed by atoms with E-state index in [0.717, 1.165) is 23.5 Å². The largest absolute Gasteiger partial charge is 0.493 e. The molecule has 0 saturated carbocycles. The molecule has 1 amide bonds. The van der Waals surface area contributed by atoms with Crippen LogP contribution in [0.2, 0.25) is 0 Å². The van der Waals surface area contributed by atoms with E-state index >= 15 is 0 Å². The molecule has 0 spiro atoms. The van der Waals surface area contributed by atoms with Crippen molar-refractivity contribution in [3.63, 3.8) is 0 Å². The van der Waals surface area contributed by atoms with E-state index in [1.54, 1.807) is 18.2 Å². The number of nitrogens with zero attached hydrogens (tertiary/aromatic N) is 2. The molecular weight excluding hydrogens is 316 g/mol. The van der Waals surface area contributed by atoms with Gasteiger partial charge in [-0.2, -0.15) is 0 Å². The van der Waals surface area contributed by atoms with Crippen LogP contribution in [0.4, 0.5) is 14.5 Å². The minimum absolute atomic E-state index is 0.427. The quantitative estimate of drug-likeness (QED) is 0.800. The molecule has 0 fully saturated rings. The average Bonchev–Trinajstić information content (AvgIpc) is 2.83. The van der Waals surface area contributed by atoms with Crippen molar-refractivity contribution in [2.75, 3.05) is 12.4 Å². The van der Waals surface area contributed by atoms with E-state index < -0.39 is 28.9 Å². The molecule has 1 aromatic heterocycles. The Morgan fingerprint density at radius 1 is 1.21 bits per heavy atom. The molecule has 7 heteroatoms. The fourth-order valence-electron chi connectivity index (χ4n) is 2.54. The van der Waals surface area contributed by atoms with Crippen LogP contribution in [0.25, 0.3) is 11.0 Å². The molecular formula is C17H15F2N3O2. The van der Waals surface area contributed by atoms with Gasteiger partial charge in [0.1, 0.15) is 17.2 Å². The van der Waals surface area contributed by atoms with Crippen molar-refractivity contribution in [3.05, 3.63) is 53.4 Å². The smallest absolute Gasteiger partial charge is 0.262 e. The molecule has 3 aromatic rings. The van der Waals surface area contributed by atoms with Gasteiger partial charge in [0.05, 0.1) is 18.1 Å². The summed E-state index contributed by atoms with van der Waals surface area (Å²) in [6.45, 7) is 1.87. The van der Waals surface area contributed by atoms with Gasteiger partial charge in [-0.25, -0.2) is 13.8 Å².